The molecule has 0 atom stereocenters. The molecule has 0 aliphatic carbocycles. The van der Waals surface area contributed by atoms with Gasteiger partial charge >= 0.3 is 0 Å². The summed E-state index contributed by atoms with van der Waals surface area (Å²) in [5, 5.41) is 13.4. The van der Waals surface area contributed by atoms with Crippen molar-refractivity contribution in [3.05, 3.63) is 50.4 Å². The van der Waals surface area contributed by atoms with Crippen LogP contribution in [-0.4, -0.2) is 17.2 Å². The van der Waals surface area contributed by atoms with Gasteiger partial charge in [0.1, 0.15) is 5.75 Å². The van der Waals surface area contributed by atoms with Crippen LogP contribution in [-0.2, 0) is 4.79 Å². The summed E-state index contributed by atoms with van der Waals surface area (Å²) in [6.45, 7) is 1.94. The fourth-order valence-corrected chi connectivity index (χ4v) is 2.96. The number of rotatable bonds is 5. The van der Waals surface area contributed by atoms with Crippen molar-refractivity contribution in [1.29, 1.82) is 0 Å². The summed E-state index contributed by atoms with van der Waals surface area (Å²) in [5.41, 5.74) is 1.54. The molecule has 0 fully saturated rings. The molecule has 0 radical (unpaired) electrons. The molecule has 24 heavy (non-hydrogen) atoms. The van der Waals surface area contributed by atoms with Gasteiger partial charge in [0.25, 0.3) is 0 Å². The van der Waals surface area contributed by atoms with E-state index in [-0.39, 0.29) is 16.7 Å². The quantitative estimate of drug-likeness (QED) is 0.576. The molecular formula is C17H15BrCl2N2O2. The molecule has 126 valence electrons. The second kappa shape index (κ2) is 8.51. The fraction of sp³-hybridized carbons (Fsp3) is 0.176. The van der Waals surface area contributed by atoms with E-state index in [0.29, 0.717) is 28.4 Å². The number of benzene rings is 2. The van der Waals surface area contributed by atoms with Crippen molar-refractivity contribution < 1.29 is 9.90 Å². The average Bonchev–Trinajstić information content (AvgIpc) is 2.52. The summed E-state index contributed by atoms with van der Waals surface area (Å²) >= 11 is 15.4. The first kappa shape index (κ1) is 18.8. The maximum absolute atomic E-state index is 11.7. The molecule has 0 aliphatic heterocycles. The highest BCUT2D eigenvalue weighted by Gasteiger charge is 2.07. The van der Waals surface area contributed by atoms with Gasteiger partial charge in [-0.15, -0.1) is 0 Å². The molecule has 0 aromatic heterocycles. The monoisotopic (exact) mass is 428 g/mol. The predicted octanol–water partition coefficient (Wildman–Crippen LogP) is 5.95. The van der Waals surface area contributed by atoms with E-state index in [1.807, 2.05) is 6.92 Å². The van der Waals surface area contributed by atoms with E-state index in [0.717, 1.165) is 10.9 Å². The smallest absolute Gasteiger partial charge is 0.224 e. The summed E-state index contributed by atoms with van der Waals surface area (Å²) in [7, 11) is 0. The van der Waals surface area contributed by atoms with Crippen molar-refractivity contribution >= 4 is 62.6 Å². The molecule has 1 amide bonds. The molecule has 0 saturated heterocycles. The largest absolute Gasteiger partial charge is 0.506 e. The number of phenols is 1. The fourth-order valence-electron chi connectivity index (χ4n) is 1.96. The topological polar surface area (TPSA) is 61.7 Å². The van der Waals surface area contributed by atoms with Gasteiger partial charge in [0.15, 0.2) is 0 Å². The summed E-state index contributed by atoms with van der Waals surface area (Å²) < 4.78 is 0.721. The van der Waals surface area contributed by atoms with Crippen LogP contribution in [0.4, 0.5) is 11.4 Å². The Balaban J connectivity index is 2.27. The minimum absolute atomic E-state index is 0.0628. The number of hydrogen-bond donors (Lipinski definition) is 2. The van der Waals surface area contributed by atoms with E-state index >= 15 is 0 Å². The van der Waals surface area contributed by atoms with Crippen molar-refractivity contribution in [3.8, 4) is 5.75 Å². The number of carbonyl (C=O) groups excluding carboxylic acids is 1. The number of aromatic hydroxyl groups is 1. The number of anilines is 1. The van der Waals surface area contributed by atoms with E-state index < -0.39 is 0 Å². The summed E-state index contributed by atoms with van der Waals surface area (Å²) in [6, 6.07) is 8.31. The van der Waals surface area contributed by atoms with E-state index in [9.17, 15) is 9.90 Å². The van der Waals surface area contributed by atoms with Crippen molar-refractivity contribution in [2.24, 2.45) is 4.99 Å². The normalized spacial score (nSPS) is 11.0. The first-order valence-electron chi connectivity index (χ1n) is 7.22. The van der Waals surface area contributed by atoms with Gasteiger partial charge in [-0.2, -0.15) is 0 Å². The maximum atomic E-state index is 11.7. The van der Waals surface area contributed by atoms with Crippen LogP contribution in [0.3, 0.4) is 0 Å². The number of aliphatic imine (C=N–C) groups is 1. The van der Waals surface area contributed by atoms with Gasteiger partial charge < -0.3 is 10.4 Å². The van der Waals surface area contributed by atoms with E-state index in [4.69, 9.17) is 23.2 Å². The third kappa shape index (κ3) is 4.97. The molecule has 0 aliphatic rings. The van der Waals surface area contributed by atoms with E-state index in [1.54, 1.807) is 30.3 Å². The molecule has 2 aromatic rings. The zero-order valence-electron chi connectivity index (χ0n) is 12.8. The molecule has 4 nitrogen and oxygen atoms in total. The van der Waals surface area contributed by atoms with Gasteiger partial charge in [-0.25, -0.2) is 0 Å². The molecule has 0 heterocycles. The Hall–Kier alpha value is -1.56. The van der Waals surface area contributed by atoms with Gasteiger partial charge in [0, 0.05) is 28.4 Å². The van der Waals surface area contributed by atoms with Gasteiger partial charge in [-0.3, -0.25) is 9.79 Å². The second-order valence-corrected chi connectivity index (χ2v) is 6.78. The maximum Gasteiger partial charge on any atom is 0.224 e. The standard InChI is InChI=1S/C17H15BrCl2N2O2/c1-2-3-16(23)22-12-4-5-13(19)15(8-12)21-9-10-6-11(18)7-14(20)17(10)24/h4-9,24H,2-3H2,1H3,(H,22,23). The summed E-state index contributed by atoms with van der Waals surface area (Å²) in [6.07, 6.45) is 2.68. The minimum Gasteiger partial charge on any atom is -0.506 e. The Bertz CT molecular complexity index is 794. The number of amides is 1. The summed E-state index contributed by atoms with van der Waals surface area (Å²) in [4.78, 5) is 16.0. The van der Waals surface area contributed by atoms with Crippen molar-refractivity contribution in [2.45, 2.75) is 19.8 Å². The lowest BCUT2D eigenvalue weighted by Crippen LogP contribution is -2.10. The van der Waals surface area contributed by atoms with Crippen LogP contribution in [0, 0.1) is 0 Å². The first-order chi connectivity index (χ1) is 11.4. The van der Waals surface area contributed by atoms with Crippen LogP contribution in [0.15, 0.2) is 39.8 Å². The Morgan fingerprint density at radius 2 is 2.04 bits per heavy atom. The van der Waals surface area contributed by atoms with Crippen LogP contribution in [0.2, 0.25) is 10.0 Å². The average molecular weight is 430 g/mol. The van der Waals surface area contributed by atoms with Crippen molar-refractivity contribution in [2.75, 3.05) is 5.32 Å². The molecule has 0 unspecified atom stereocenters. The third-order valence-electron chi connectivity index (χ3n) is 3.11. The van der Waals surface area contributed by atoms with Crippen LogP contribution >= 0.6 is 39.1 Å². The van der Waals surface area contributed by atoms with Crippen LogP contribution in [0.1, 0.15) is 25.3 Å². The minimum atomic E-state index is -0.0637. The van der Waals surface area contributed by atoms with Gasteiger partial charge in [0.05, 0.1) is 15.7 Å². The predicted molar refractivity (Wildman–Crippen MR) is 103 cm³/mol. The highest BCUT2D eigenvalue weighted by molar-refractivity contribution is 9.10. The van der Waals surface area contributed by atoms with Crippen molar-refractivity contribution in [1.82, 2.24) is 0 Å². The Labute approximate surface area is 158 Å². The summed E-state index contributed by atoms with van der Waals surface area (Å²) in [5.74, 6) is -0.127. The number of hydrogen-bond acceptors (Lipinski definition) is 3. The number of nitrogens with zero attached hydrogens (tertiary/aromatic N) is 1. The Morgan fingerprint density at radius 1 is 1.29 bits per heavy atom. The van der Waals surface area contributed by atoms with Crippen molar-refractivity contribution in [3.63, 3.8) is 0 Å². The van der Waals surface area contributed by atoms with Crippen LogP contribution in [0.5, 0.6) is 5.75 Å². The molecule has 7 heteroatoms. The number of carbonyl (C=O) groups is 1. The molecule has 2 N–H and O–H groups in total. The molecular weight excluding hydrogens is 415 g/mol. The lowest BCUT2D eigenvalue weighted by atomic mass is 10.2. The van der Waals surface area contributed by atoms with Gasteiger partial charge in [-0.1, -0.05) is 46.1 Å². The van der Waals surface area contributed by atoms with E-state index in [2.05, 4.69) is 26.2 Å². The van der Waals surface area contributed by atoms with Gasteiger partial charge in [0.2, 0.25) is 5.91 Å². The zero-order chi connectivity index (χ0) is 17.7. The first-order valence-corrected chi connectivity index (χ1v) is 8.77. The van der Waals surface area contributed by atoms with Crippen LogP contribution in [0.25, 0.3) is 0 Å². The number of nitrogens with one attached hydrogen (secondary N) is 1. The number of halogens is 3. The number of phenolic OH excluding ortho intramolecular Hbond substituents is 1. The third-order valence-corrected chi connectivity index (χ3v) is 4.17. The highest BCUT2D eigenvalue weighted by atomic mass is 79.9. The Morgan fingerprint density at radius 3 is 2.75 bits per heavy atom. The highest BCUT2D eigenvalue weighted by Crippen LogP contribution is 2.32. The molecule has 2 aromatic carbocycles. The SMILES string of the molecule is CCCC(=O)Nc1ccc(Cl)c(N=Cc2cc(Br)cc(Cl)c2O)c1. The molecule has 0 saturated carbocycles. The molecule has 0 bridgehead atoms. The lowest BCUT2D eigenvalue weighted by Gasteiger charge is -2.07. The molecule has 0 spiro atoms. The zero-order valence-corrected chi connectivity index (χ0v) is 15.9. The lowest BCUT2D eigenvalue weighted by molar-refractivity contribution is -0.116. The van der Waals surface area contributed by atoms with Gasteiger partial charge in [-0.05, 0) is 36.8 Å². The second-order valence-electron chi connectivity index (χ2n) is 5.05. The Kier molecular flexibility index (Phi) is 6.66. The van der Waals surface area contributed by atoms with E-state index in [1.165, 1.54) is 6.21 Å². The molecule has 2 rings (SSSR count). The van der Waals surface area contributed by atoms with Crippen LogP contribution < -0.4 is 5.32 Å².